The van der Waals surface area contributed by atoms with Gasteiger partial charge in [0.1, 0.15) is 5.54 Å². The molecule has 0 aliphatic heterocycles. The van der Waals surface area contributed by atoms with E-state index in [1.165, 1.54) is 0 Å². The smallest absolute Gasteiger partial charge is 0.240 e. The highest BCUT2D eigenvalue weighted by Crippen LogP contribution is 2.37. The van der Waals surface area contributed by atoms with Crippen molar-refractivity contribution < 1.29 is 9.32 Å². The summed E-state index contributed by atoms with van der Waals surface area (Å²) in [5.74, 6) is 1.26. The highest BCUT2D eigenvalue weighted by Gasteiger charge is 2.41. The summed E-state index contributed by atoms with van der Waals surface area (Å²) in [5, 5.41) is 7.32. The first-order valence-corrected chi connectivity index (χ1v) is 8.70. The summed E-state index contributed by atoms with van der Waals surface area (Å²) < 4.78 is 5.42. The van der Waals surface area contributed by atoms with Gasteiger partial charge in [-0.25, -0.2) is 0 Å². The molecule has 0 saturated heterocycles. The van der Waals surface area contributed by atoms with Crippen LogP contribution in [-0.2, 0) is 16.9 Å². The maximum Gasteiger partial charge on any atom is 0.240 e. The topological polar surface area (TPSA) is 97.3 Å². The third-order valence-corrected chi connectivity index (χ3v) is 4.59. The number of nitrogens with zero attached hydrogens (tertiary/aromatic N) is 3. The lowest BCUT2D eigenvalue weighted by Crippen LogP contribution is -2.44. The van der Waals surface area contributed by atoms with Gasteiger partial charge < -0.3 is 15.6 Å². The van der Waals surface area contributed by atoms with Gasteiger partial charge >= 0.3 is 0 Å². The van der Waals surface area contributed by atoms with Crippen molar-refractivity contribution in [2.24, 2.45) is 5.73 Å². The predicted octanol–water partition coefficient (Wildman–Crippen LogP) is 2.38. The van der Waals surface area contributed by atoms with Gasteiger partial charge in [-0.3, -0.25) is 9.69 Å². The number of nitrogens with two attached hydrogens (primary N) is 1. The summed E-state index contributed by atoms with van der Waals surface area (Å²) in [4.78, 5) is 18.9. The number of rotatable bonds is 9. The standard InChI is InChI=1S/C16H29N5O2.2ClH/c1-3-21(4-2)12-14-18-15(20-23-14)16(9-5-6-10-16)19-13(22)8-7-11-17;;/h3-12,17H2,1-2H3,(H,19,22);2*1H. The zero-order valence-electron chi connectivity index (χ0n) is 15.1. The minimum atomic E-state index is -0.462. The molecule has 25 heavy (non-hydrogen) atoms. The highest BCUT2D eigenvalue weighted by molar-refractivity contribution is 5.85. The van der Waals surface area contributed by atoms with Gasteiger partial charge in [-0.05, 0) is 38.9 Å². The molecular formula is C16H31Cl2N5O2. The number of hydrogen-bond acceptors (Lipinski definition) is 6. The van der Waals surface area contributed by atoms with E-state index in [0.717, 1.165) is 38.8 Å². The first kappa shape index (κ1) is 24.1. The Kier molecular flexibility index (Phi) is 11.3. The second-order valence-electron chi connectivity index (χ2n) is 6.20. The lowest BCUT2D eigenvalue weighted by molar-refractivity contribution is -0.123. The van der Waals surface area contributed by atoms with Crippen LogP contribution in [0, 0.1) is 0 Å². The van der Waals surface area contributed by atoms with E-state index in [9.17, 15) is 4.79 Å². The van der Waals surface area contributed by atoms with Crippen molar-refractivity contribution in [3.63, 3.8) is 0 Å². The SMILES string of the molecule is CCN(CC)Cc1nc(C2(NC(=O)CCCN)CCCC2)no1.Cl.Cl. The maximum atomic E-state index is 12.2. The first-order chi connectivity index (χ1) is 11.1. The van der Waals surface area contributed by atoms with Crippen LogP contribution < -0.4 is 11.1 Å². The Labute approximate surface area is 162 Å². The van der Waals surface area contributed by atoms with Crippen molar-refractivity contribution >= 4 is 30.7 Å². The Morgan fingerprint density at radius 2 is 1.92 bits per heavy atom. The molecule has 1 heterocycles. The van der Waals surface area contributed by atoms with Crippen molar-refractivity contribution in [1.29, 1.82) is 0 Å². The molecule has 0 radical (unpaired) electrons. The minimum absolute atomic E-state index is 0. The van der Waals surface area contributed by atoms with Crippen LogP contribution in [0.2, 0.25) is 0 Å². The number of halogens is 2. The quantitative estimate of drug-likeness (QED) is 0.665. The van der Waals surface area contributed by atoms with Crippen LogP contribution >= 0.6 is 24.8 Å². The Morgan fingerprint density at radius 1 is 1.28 bits per heavy atom. The summed E-state index contributed by atoms with van der Waals surface area (Å²) in [6.45, 7) is 7.27. The molecule has 2 rings (SSSR count). The third-order valence-electron chi connectivity index (χ3n) is 4.59. The van der Waals surface area contributed by atoms with Crippen molar-refractivity contribution in [3.05, 3.63) is 11.7 Å². The van der Waals surface area contributed by atoms with Gasteiger partial charge in [0.15, 0.2) is 5.82 Å². The van der Waals surface area contributed by atoms with Crippen LogP contribution in [0.5, 0.6) is 0 Å². The summed E-state index contributed by atoms with van der Waals surface area (Å²) in [6, 6.07) is 0. The van der Waals surface area contributed by atoms with Crippen LogP contribution in [0.1, 0.15) is 64.1 Å². The van der Waals surface area contributed by atoms with E-state index >= 15 is 0 Å². The molecule has 1 amide bonds. The van der Waals surface area contributed by atoms with Crippen molar-refractivity contribution in [1.82, 2.24) is 20.4 Å². The average Bonchev–Trinajstić information content (AvgIpc) is 3.20. The Morgan fingerprint density at radius 3 is 2.48 bits per heavy atom. The molecule has 9 heteroatoms. The van der Waals surface area contributed by atoms with E-state index in [1.54, 1.807) is 0 Å². The van der Waals surface area contributed by atoms with E-state index in [1.807, 2.05) is 0 Å². The van der Waals surface area contributed by atoms with E-state index in [2.05, 4.69) is 34.2 Å². The largest absolute Gasteiger partial charge is 0.343 e. The number of nitrogens with one attached hydrogen (secondary N) is 1. The molecule has 146 valence electrons. The molecule has 0 bridgehead atoms. The summed E-state index contributed by atoms with van der Waals surface area (Å²) in [7, 11) is 0. The lowest BCUT2D eigenvalue weighted by Gasteiger charge is -2.26. The summed E-state index contributed by atoms with van der Waals surface area (Å²) in [5.41, 5.74) is 5.02. The monoisotopic (exact) mass is 395 g/mol. The van der Waals surface area contributed by atoms with E-state index < -0.39 is 5.54 Å². The molecule has 0 atom stereocenters. The van der Waals surface area contributed by atoms with Crippen molar-refractivity contribution in [3.8, 4) is 0 Å². The van der Waals surface area contributed by atoms with E-state index in [-0.39, 0.29) is 30.7 Å². The molecule has 1 aromatic rings. The van der Waals surface area contributed by atoms with Crippen LogP contribution in [0.4, 0.5) is 0 Å². The van der Waals surface area contributed by atoms with Crippen molar-refractivity contribution in [2.45, 2.75) is 64.5 Å². The van der Waals surface area contributed by atoms with E-state index in [0.29, 0.717) is 37.6 Å². The van der Waals surface area contributed by atoms with Crippen LogP contribution in [-0.4, -0.2) is 40.6 Å². The van der Waals surface area contributed by atoms with Gasteiger partial charge in [0.25, 0.3) is 0 Å². The molecule has 0 unspecified atom stereocenters. The molecule has 1 aliphatic rings. The molecule has 7 nitrogen and oxygen atoms in total. The molecule has 1 saturated carbocycles. The molecule has 0 spiro atoms. The number of amides is 1. The first-order valence-electron chi connectivity index (χ1n) is 8.70. The maximum absolute atomic E-state index is 12.2. The third kappa shape index (κ3) is 6.40. The van der Waals surface area contributed by atoms with Gasteiger partial charge in [-0.15, -0.1) is 24.8 Å². The predicted molar refractivity (Wildman–Crippen MR) is 102 cm³/mol. The summed E-state index contributed by atoms with van der Waals surface area (Å²) >= 11 is 0. The van der Waals surface area contributed by atoms with Gasteiger partial charge in [0, 0.05) is 6.42 Å². The lowest BCUT2D eigenvalue weighted by atomic mass is 9.96. The Hall–Kier alpha value is -0.890. The molecular weight excluding hydrogens is 365 g/mol. The fourth-order valence-corrected chi connectivity index (χ4v) is 3.13. The average molecular weight is 396 g/mol. The minimum Gasteiger partial charge on any atom is -0.343 e. The second kappa shape index (κ2) is 11.7. The Bertz CT molecular complexity index is 502. The molecule has 0 aromatic carbocycles. The van der Waals surface area contributed by atoms with Gasteiger partial charge in [0.05, 0.1) is 6.54 Å². The fourth-order valence-electron chi connectivity index (χ4n) is 3.13. The number of carbonyl (C=O) groups excluding carboxylic acids is 1. The molecule has 1 aliphatic carbocycles. The van der Waals surface area contributed by atoms with Crippen LogP contribution in [0.25, 0.3) is 0 Å². The number of carbonyl (C=O) groups is 1. The zero-order valence-corrected chi connectivity index (χ0v) is 16.8. The second-order valence-corrected chi connectivity index (χ2v) is 6.20. The highest BCUT2D eigenvalue weighted by atomic mass is 35.5. The van der Waals surface area contributed by atoms with Gasteiger partial charge in [0.2, 0.25) is 11.8 Å². The molecule has 3 N–H and O–H groups in total. The van der Waals surface area contributed by atoms with Crippen LogP contribution in [0.3, 0.4) is 0 Å². The number of hydrogen-bond donors (Lipinski definition) is 2. The van der Waals surface area contributed by atoms with Gasteiger partial charge in [-0.1, -0.05) is 31.8 Å². The van der Waals surface area contributed by atoms with E-state index in [4.69, 9.17) is 10.3 Å². The van der Waals surface area contributed by atoms with Crippen molar-refractivity contribution in [2.75, 3.05) is 19.6 Å². The molecule has 1 aromatic heterocycles. The fraction of sp³-hybridized carbons (Fsp3) is 0.812. The Balaban J connectivity index is 0.00000288. The van der Waals surface area contributed by atoms with Crippen LogP contribution in [0.15, 0.2) is 4.52 Å². The normalized spacial score (nSPS) is 15.5. The zero-order chi connectivity index (χ0) is 16.7. The summed E-state index contributed by atoms with van der Waals surface area (Å²) in [6.07, 6.45) is 5.01. The van der Waals surface area contributed by atoms with Gasteiger partial charge in [-0.2, -0.15) is 4.98 Å². The molecule has 1 fully saturated rings. The number of aromatic nitrogens is 2.